The zero-order valence-corrected chi connectivity index (χ0v) is 6.61. The van der Waals surface area contributed by atoms with Gasteiger partial charge in [0.2, 0.25) is 0 Å². The maximum Gasteiger partial charge on any atom is 0.0156 e. The standard InChI is InChI=1S/C7H15NS/c8-7(5-9)6-3-1-2-4-6/h6-7,9H,1-5,8H2. The quantitative estimate of drug-likeness (QED) is 0.565. The lowest BCUT2D eigenvalue weighted by Crippen LogP contribution is -2.29. The SMILES string of the molecule is NC(CS)C1CCCC1. The van der Waals surface area contributed by atoms with Crippen molar-refractivity contribution in [3.05, 3.63) is 0 Å². The van der Waals surface area contributed by atoms with Crippen molar-refractivity contribution in [2.75, 3.05) is 5.75 Å². The van der Waals surface area contributed by atoms with Crippen molar-refractivity contribution in [2.45, 2.75) is 31.7 Å². The van der Waals surface area contributed by atoms with Crippen molar-refractivity contribution >= 4 is 12.6 Å². The number of hydrogen-bond donors (Lipinski definition) is 2. The molecule has 2 N–H and O–H groups in total. The van der Waals surface area contributed by atoms with Gasteiger partial charge in [0, 0.05) is 11.8 Å². The zero-order valence-electron chi connectivity index (χ0n) is 5.71. The van der Waals surface area contributed by atoms with Crippen LogP contribution in [0.2, 0.25) is 0 Å². The maximum absolute atomic E-state index is 5.80. The third-order valence-corrected chi connectivity index (χ3v) is 2.64. The van der Waals surface area contributed by atoms with Gasteiger partial charge < -0.3 is 5.73 Å². The van der Waals surface area contributed by atoms with Crippen molar-refractivity contribution < 1.29 is 0 Å². The number of nitrogens with two attached hydrogens (primary N) is 1. The molecule has 0 aliphatic heterocycles. The fourth-order valence-electron chi connectivity index (χ4n) is 1.53. The first-order chi connectivity index (χ1) is 4.34. The fourth-order valence-corrected chi connectivity index (χ4v) is 1.83. The van der Waals surface area contributed by atoms with E-state index in [0.717, 1.165) is 11.7 Å². The van der Waals surface area contributed by atoms with Crippen LogP contribution in [0, 0.1) is 5.92 Å². The molecular weight excluding hydrogens is 130 g/mol. The monoisotopic (exact) mass is 145 g/mol. The first kappa shape index (κ1) is 7.42. The second-order valence-corrected chi connectivity index (χ2v) is 3.26. The lowest BCUT2D eigenvalue weighted by molar-refractivity contribution is 0.464. The van der Waals surface area contributed by atoms with Crippen LogP contribution in [0.15, 0.2) is 0 Å². The second-order valence-electron chi connectivity index (χ2n) is 2.89. The van der Waals surface area contributed by atoms with Gasteiger partial charge in [0.15, 0.2) is 0 Å². The van der Waals surface area contributed by atoms with Crippen molar-refractivity contribution in [2.24, 2.45) is 11.7 Å². The zero-order chi connectivity index (χ0) is 6.69. The molecule has 1 aliphatic carbocycles. The minimum absolute atomic E-state index is 0.357. The van der Waals surface area contributed by atoms with Gasteiger partial charge in [-0.25, -0.2) is 0 Å². The van der Waals surface area contributed by atoms with Gasteiger partial charge in [-0.05, 0) is 18.8 Å². The Balaban J connectivity index is 2.24. The van der Waals surface area contributed by atoms with E-state index in [1.807, 2.05) is 0 Å². The Hall–Kier alpha value is 0.310. The summed E-state index contributed by atoms with van der Waals surface area (Å²) in [5.41, 5.74) is 5.80. The van der Waals surface area contributed by atoms with Gasteiger partial charge in [-0.1, -0.05) is 12.8 Å². The average molecular weight is 145 g/mol. The fraction of sp³-hybridized carbons (Fsp3) is 1.00. The highest BCUT2D eigenvalue weighted by atomic mass is 32.1. The summed E-state index contributed by atoms with van der Waals surface area (Å²) in [5, 5.41) is 0. The predicted molar refractivity (Wildman–Crippen MR) is 43.8 cm³/mol. The molecule has 1 fully saturated rings. The Bertz CT molecular complexity index is 79.0. The Kier molecular flexibility index (Phi) is 2.86. The summed E-state index contributed by atoms with van der Waals surface area (Å²) in [4.78, 5) is 0. The molecule has 2 heteroatoms. The van der Waals surface area contributed by atoms with E-state index in [1.165, 1.54) is 25.7 Å². The second kappa shape index (κ2) is 3.47. The van der Waals surface area contributed by atoms with E-state index in [2.05, 4.69) is 12.6 Å². The van der Waals surface area contributed by atoms with Crippen LogP contribution in [0.5, 0.6) is 0 Å². The van der Waals surface area contributed by atoms with Crippen LogP contribution in [-0.2, 0) is 0 Å². The summed E-state index contributed by atoms with van der Waals surface area (Å²) in [6.07, 6.45) is 5.43. The highest BCUT2D eigenvalue weighted by Gasteiger charge is 2.20. The molecule has 1 nitrogen and oxygen atoms in total. The van der Waals surface area contributed by atoms with Crippen LogP contribution in [-0.4, -0.2) is 11.8 Å². The molecule has 54 valence electrons. The highest BCUT2D eigenvalue weighted by molar-refractivity contribution is 7.80. The molecule has 0 amide bonds. The maximum atomic E-state index is 5.80. The molecule has 9 heavy (non-hydrogen) atoms. The lowest BCUT2D eigenvalue weighted by atomic mass is 10.0. The smallest absolute Gasteiger partial charge is 0.0156 e. The average Bonchev–Trinajstić information content (AvgIpc) is 2.37. The summed E-state index contributed by atoms with van der Waals surface area (Å²) in [6, 6.07) is 0.357. The molecule has 1 saturated carbocycles. The van der Waals surface area contributed by atoms with Crippen molar-refractivity contribution in [1.29, 1.82) is 0 Å². The van der Waals surface area contributed by atoms with Crippen LogP contribution in [0.25, 0.3) is 0 Å². The van der Waals surface area contributed by atoms with Gasteiger partial charge in [0.05, 0.1) is 0 Å². The van der Waals surface area contributed by atoms with Gasteiger partial charge in [-0.2, -0.15) is 12.6 Å². The molecule has 0 spiro atoms. The Morgan fingerprint density at radius 2 is 2.00 bits per heavy atom. The molecule has 0 aromatic rings. The largest absolute Gasteiger partial charge is 0.327 e. The molecule has 1 unspecified atom stereocenters. The summed E-state index contributed by atoms with van der Waals surface area (Å²) >= 11 is 4.17. The van der Waals surface area contributed by atoms with E-state index in [-0.39, 0.29) is 0 Å². The van der Waals surface area contributed by atoms with E-state index in [1.54, 1.807) is 0 Å². The van der Waals surface area contributed by atoms with Gasteiger partial charge in [-0.15, -0.1) is 0 Å². The molecule has 0 saturated heterocycles. The highest BCUT2D eigenvalue weighted by Crippen LogP contribution is 2.26. The molecule has 0 radical (unpaired) electrons. The first-order valence-corrected chi connectivity index (χ1v) is 4.34. The Morgan fingerprint density at radius 1 is 1.44 bits per heavy atom. The molecule has 0 aromatic carbocycles. The van der Waals surface area contributed by atoms with Crippen LogP contribution in [0.1, 0.15) is 25.7 Å². The van der Waals surface area contributed by atoms with Crippen LogP contribution < -0.4 is 5.73 Å². The van der Waals surface area contributed by atoms with E-state index in [4.69, 9.17) is 5.73 Å². The van der Waals surface area contributed by atoms with Gasteiger partial charge in [0.25, 0.3) is 0 Å². The number of hydrogen-bond acceptors (Lipinski definition) is 2. The molecule has 0 bridgehead atoms. The van der Waals surface area contributed by atoms with Crippen LogP contribution >= 0.6 is 12.6 Å². The minimum Gasteiger partial charge on any atom is -0.327 e. The van der Waals surface area contributed by atoms with Gasteiger partial charge in [0.1, 0.15) is 0 Å². The predicted octanol–water partition coefficient (Wildman–Crippen LogP) is 1.43. The molecule has 0 heterocycles. The van der Waals surface area contributed by atoms with Crippen LogP contribution in [0.3, 0.4) is 0 Å². The molecule has 1 rings (SSSR count). The van der Waals surface area contributed by atoms with E-state index < -0.39 is 0 Å². The van der Waals surface area contributed by atoms with Crippen molar-refractivity contribution in [1.82, 2.24) is 0 Å². The topological polar surface area (TPSA) is 26.0 Å². The van der Waals surface area contributed by atoms with Gasteiger partial charge >= 0.3 is 0 Å². The Labute approximate surface area is 62.4 Å². The Morgan fingerprint density at radius 3 is 2.44 bits per heavy atom. The molecular formula is C7H15NS. The van der Waals surface area contributed by atoms with Crippen LogP contribution in [0.4, 0.5) is 0 Å². The van der Waals surface area contributed by atoms with E-state index in [9.17, 15) is 0 Å². The molecule has 0 aromatic heterocycles. The molecule has 1 aliphatic rings. The van der Waals surface area contributed by atoms with Crippen molar-refractivity contribution in [3.8, 4) is 0 Å². The third kappa shape index (κ3) is 1.87. The summed E-state index contributed by atoms with van der Waals surface area (Å²) in [5.74, 6) is 1.63. The van der Waals surface area contributed by atoms with E-state index >= 15 is 0 Å². The summed E-state index contributed by atoms with van der Waals surface area (Å²) in [6.45, 7) is 0. The summed E-state index contributed by atoms with van der Waals surface area (Å²) < 4.78 is 0. The lowest BCUT2D eigenvalue weighted by Gasteiger charge is -2.15. The summed E-state index contributed by atoms with van der Waals surface area (Å²) in [7, 11) is 0. The number of thiol groups is 1. The normalized spacial score (nSPS) is 24.7. The van der Waals surface area contributed by atoms with E-state index in [0.29, 0.717) is 6.04 Å². The first-order valence-electron chi connectivity index (χ1n) is 3.71. The third-order valence-electron chi connectivity index (χ3n) is 2.22. The van der Waals surface area contributed by atoms with Gasteiger partial charge in [-0.3, -0.25) is 0 Å². The molecule has 1 atom stereocenters. The number of rotatable bonds is 2. The minimum atomic E-state index is 0.357. The van der Waals surface area contributed by atoms with Crippen molar-refractivity contribution in [3.63, 3.8) is 0 Å².